The third-order valence-corrected chi connectivity index (χ3v) is 5.00. The number of hydrogen-bond donors (Lipinski definition) is 1. The van der Waals surface area contributed by atoms with Crippen molar-refractivity contribution in [3.05, 3.63) is 35.0 Å². The molecular weight excluding hydrogens is 286 g/mol. The van der Waals surface area contributed by atoms with Crippen molar-refractivity contribution in [2.75, 3.05) is 44.7 Å². The van der Waals surface area contributed by atoms with Crippen LogP contribution in [-0.4, -0.2) is 49.3 Å². The van der Waals surface area contributed by atoms with Gasteiger partial charge in [0.25, 0.3) is 0 Å². The minimum Gasteiger partial charge on any atom is -0.383 e. The summed E-state index contributed by atoms with van der Waals surface area (Å²) in [4.78, 5) is 7.37. The van der Waals surface area contributed by atoms with E-state index in [1.807, 2.05) is 0 Å². The average molecular weight is 311 g/mol. The Bertz CT molecular complexity index is 707. The molecule has 0 saturated carbocycles. The zero-order valence-corrected chi connectivity index (χ0v) is 13.9. The van der Waals surface area contributed by atoms with E-state index < -0.39 is 0 Å². The van der Waals surface area contributed by atoms with Gasteiger partial charge in [0.2, 0.25) is 0 Å². The molecule has 4 nitrogen and oxygen atoms in total. The van der Waals surface area contributed by atoms with Gasteiger partial charge in [-0.3, -0.25) is 9.88 Å². The molecule has 4 rings (SSSR count). The molecule has 4 heteroatoms. The maximum absolute atomic E-state index is 5.43. The lowest BCUT2D eigenvalue weighted by molar-refractivity contribution is 0.0398. The summed E-state index contributed by atoms with van der Waals surface area (Å²) in [7, 11) is 0. The van der Waals surface area contributed by atoms with Gasteiger partial charge < -0.3 is 10.1 Å². The summed E-state index contributed by atoms with van der Waals surface area (Å²) >= 11 is 0. The number of rotatable bonds is 4. The van der Waals surface area contributed by atoms with Gasteiger partial charge in [-0.2, -0.15) is 0 Å². The molecule has 1 aromatic heterocycles. The van der Waals surface area contributed by atoms with Gasteiger partial charge in [-0.15, -0.1) is 0 Å². The Kier molecular flexibility index (Phi) is 4.19. The van der Waals surface area contributed by atoms with Crippen molar-refractivity contribution in [2.45, 2.75) is 26.2 Å². The van der Waals surface area contributed by atoms with E-state index in [1.165, 1.54) is 34.3 Å². The molecule has 1 aliphatic heterocycles. The predicted molar refractivity (Wildman–Crippen MR) is 94.3 cm³/mol. The van der Waals surface area contributed by atoms with E-state index in [-0.39, 0.29) is 0 Å². The predicted octanol–water partition coefficient (Wildman–Crippen LogP) is 2.78. The summed E-state index contributed by atoms with van der Waals surface area (Å²) in [6.07, 6.45) is 3.51. The third-order valence-electron chi connectivity index (χ3n) is 5.00. The highest BCUT2D eigenvalue weighted by Gasteiger charge is 2.19. The van der Waals surface area contributed by atoms with Crippen LogP contribution in [0.3, 0.4) is 0 Å². The van der Waals surface area contributed by atoms with Crippen LogP contribution < -0.4 is 5.32 Å². The van der Waals surface area contributed by atoms with Crippen molar-refractivity contribution in [3.8, 4) is 0 Å². The third kappa shape index (κ3) is 3.06. The number of benzene rings is 1. The monoisotopic (exact) mass is 311 g/mol. The second-order valence-corrected chi connectivity index (χ2v) is 6.67. The van der Waals surface area contributed by atoms with E-state index >= 15 is 0 Å². The zero-order chi connectivity index (χ0) is 15.6. The summed E-state index contributed by atoms with van der Waals surface area (Å²) in [5.74, 6) is 0. The fourth-order valence-corrected chi connectivity index (χ4v) is 3.74. The lowest BCUT2D eigenvalue weighted by Crippen LogP contribution is -2.39. The highest BCUT2D eigenvalue weighted by molar-refractivity contribution is 5.94. The van der Waals surface area contributed by atoms with E-state index in [0.717, 1.165) is 57.8 Å². The number of anilines is 1. The van der Waals surface area contributed by atoms with E-state index in [0.29, 0.717) is 0 Å². The average Bonchev–Trinajstić information content (AvgIpc) is 3.04. The first-order valence-electron chi connectivity index (χ1n) is 8.77. The normalized spacial score (nSPS) is 18.3. The molecule has 2 aromatic rings. The van der Waals surface area contributed by atoms with Crippen LogP contribution in [-0.2, 0) is 17.6 Å². The van der Waals surface area contributed by atoms with Crippen LogP contribution in [0.5, 0.6) is 0 Å². The maximum atomic E-state index is 5.43. The molecule has 23 heavy (non-hydrogen) atoms. The number of hydrogen-bond acceptors (Lipinski definition) is 4. The molecule has 1 aliphatic carbocycles. The van der Waals surface area contributed by atoms with Gasteiger partial charge in [0.1, 0.15) is 0 Å². The highest BCUT2D eigenvalue weighted by atomic mass is 16.5. The molecule has 0 radical (unpaired) electrons. The van der Waals surface area contributed by atoms with Crippen LogP contribution in [0.25, 0.3) is 10.9 Å². The van der Waals surface area contributed by atoms with E-state index in [9.17, 15) is 0 Å². The number of pyridine rings is 1. The van der Waals surface area contributed by atoms with Crippen molar-refractivity contribution >= 4 is 16.6 Å². The molecule has 122 valence electrons. The van der Waals surface area contributed by atoms with Crippen LogP contribution >= 0.6 is 0 Å². The second kappa shape index (κ2) is 6.46. The van der Waals surface area contributed by atoms with E-state index in [1.54, 1.807) is 0 Å². The van der Waals surface area contributed by atoms with Crippen LogP contribution in [0.2, 0.25) is 0 Å². The van der Waals surface area contributed by atoms with Gasteiger partial charge in [0.05, 0.1) is 18.7 Å². The van der Waals surface area contributed by atoms with Crippen molar-refractivity contribution in [3.63, 3.8) is 0 Å². The number of ether oxygens (including phenoxy) is 1. The molecule has 1 fully saturated rings. The standard InChI is InChI=1S/C19H25N3O/c1-14-5-6-18-16(13-14)19(15-3-2-4-17(15)21-18)20-7-8-22-9-11-23-12-10-22/h5-6,13H,2-4,7-12H2,1H3,(H,20,21). The summed E-state index contributed by atoms with van der Waals surface area (Å²) in [6.45, 7) is 8.06. The van der Waals surface area contributed by atoms with Crippen molar-refractivity contribution in [2.24, 2.45) is 0 Å². The highest BCUT2D eigenvalue weighted by Crippen LogP contribution is 2.34. The van der Waals surface area contributed by atoms with Crippen LogP contribution in [0.1, 0.15) is 23.2 Å². The van der Waals surface area contributed by atoms with Crippen LogP contribution in [0, 0.1) is 6.92 Å². The lowest BCUT2D eigenvalue weighted by atomic mass is 10.0. The van der Waals surface area contributed by atoms with Gasteiger partial charge in [-0.1, -0.05) is 11.6 Å². The van der Waals surface area contributed by atoms with Crippen molar-refractivity contribution in [1.82, 2.24) is 9.88 Å². The van der Waals surface area contributed by atoms with E-state index in [2.05, 4.69) is 35.3 Å². The number of nitrogens with one attached hydrogen (secondary N) is 1. The summed E-state index contributed by atoms with van der Waals surface area (Å²) in [6, 6.07) is 6.60. The molecule has 2 heterocycles. The van der Waals surface area contributed by atoms with Crippen molar-refractivity contribution in [1.29, 1.82) is 0 Å². The van der Waals surface area contributed by atoms with E-state index in [4.69, 9.17) is 9.72 Å². The van der Waals surface area contributed by atoms with Crippen LogP contribution in [0.15, 0.2) is 18.2 Å². The molecule has 1 aromatic carbocycles. The first-order valence-corrected chi connectivity index (χ1v) is 8.77. The van der Waals surface area contributed by atoms with Gasteiger partial charge >= 0.3 is 0 Å². The fourth-order valence-electron chi connectivity index (χ4n) is 3.74. The SMILES string of the molecule is Cc1ccc2nc3c(c(NCCN4CCOCC4)c2c1)CCC3. The number of morpholine rings is 1. The summed E-state index contributed by atoms with van der Waals surface area (Å²) in [5.41, 5.74) is 6.51. The second-order valence-electron chi connectivity index (χ2n) is 6.67. The molecule has 0 unspecified atom stereocenters. The molecule has 0 bridgehead atoms. The first kappa shape index (κ1) is 14.9. The lowest BCUT2D eigenvalue weighted by Gasteiger charge is -2.27. The van der Waals surface area contributed by atoms with Gasteiger partial charge in [-0.05, 0) is 43.9 Å². The molecule has 1 saturated heterocycles. The van der Waals surface area contributed by atoms with Gasteiger partial charge in [0, 0.05) is 42.9 Å². The van der Waals surface area contributed by atoms with Crippen molar-refractivity contribution < 1.29 is 4.74 Å². The quantitative estimate of drug-likeness (QED) is 0.942. The summed E-state index contributed by atoms with van der Waals surface area (Å²) in [5, 5.41) is 5.02. The fraction of sp³-hybridized carbons (Fsp3) is 0.526. The Morgan fingerprint density at radius 3 is 2.96 bits per heavy atom. The van der Waals surface area contributed by atoms with Gasteiger partial charge in [-0.25, -0.2) is 0 Å². The Morgan fingerprint density at radius 1 is 1.22 bits per heavy atom. The molecule has 0 atom stereocenters. The number of fused-ring (bicyclic) bond motifs is 2. The van der Waals surface area contributed by atoms with Gasteiger partial charge in [0.15, 0.2) is 0 Å². The Morgan fingerprint density at radius 2 is 2.09 bits per heavy atom. The minimum absolute atomic E-state index is 0.868. The zero-order valence-electron chi connectivity index (χ0n) is 13.9. The molecule has 1 N–H and O–H groups in total. The first-order chi connectivity index (χ1) is 11.3. The smallest absolute Gasteiger partial charge is 0.0726 e. The number of nitrogens with zero attached hydrogens (tertiary/aromatic N) is 2. The Balaban J connectivity index is 1.58. The maximum Gasteiger partial charge on any atom is 0.0726 e. The number of aryl methyl sites for hydroxylation is 2. The molecular formula is C19H25N3O. The van der Waals surface area contributed by atoms with Crippen LogP contribution in [0.4, 0.5) is 5.69 Å². The minimum atomic E-state index is 0.868. The summed E-state index contributed by atoms with van der Waals surface area (Å²) < 4.78 is 5.43. The largest absolute Gasteiger partial charge is 0.383 e. The molecule has 0 spiro atoms. The number of aromatic nitrogens is 1. The molecule has 0 amide bonds. The Labute approximate surface area is 137 Å². The Hall–Kier alpha value is -1.65. The topological polar surface area (TPSA) is 37.4 Å². The molecule has 2 aliphatic rings.